The maximum Gasteiger partial charge on any atom is 0.137 e. The van der Waals surface area contributed by atoms with E-state index in [0.717, 1.165) is 49.9 Å². The molecular weight excluding hydrogens is 318 g/mol. The van der Waals surface area contributed by atoms with Gasteiger partial charge in [-0.15, -0.1) is 0 Å². The molecular formula is C19H27N3OS. The van der Waals surface area contributed by atoms with Gasteiger partial charge in [0.25, 0.3) is 0 Å². The summed E-state index contributed by atoms with van der Waals surface area (Å²) in [6.45, 7) is 11.7. The highest BCUT2D eigenvalue weighted by atomic mass is 32.1. The van der Waals surface area contributed by atoms with E-state index in [2.05, 4.69) is 51.5 Å². The van der Waals surface area contributed by atoms with E-state index in [-0.39, 0.29) is 0 Å². The van der Waals surface area contributed by atoms with Crippen molar-refractivity contribution in [2.24, 2.45) is 0 Å². The highest BCUT2D eigenvalue weighted by molar-refractivity contribution is 7.96. The second-order valence-corrected chi connectivity index (χ2v) is 7.50. The Morgan fingerprint density at radius 3 is 2.42 bits per heavy atom. The molecule has 0 aliphatic carbocycles. The summed E-state index contributed by atoms with van der Waals surface area (Å²) in [4.78, 5) is 5.02. The van der Waals surface area contributed by atoms with Gasteiger partial charge in [-0.3, -0.25) is 4.90 Å². The first-order valence-corrected chi connectivity index (χ1v) is 9.72. The number of hydrogen-bond acceptors (Lipinski definition) is 4. The van der Waals surface area contributed by atoms with Gasteiger partial charge in [-0.2, -0.15) is 11.4 Å². The van der Waals surface area contributed by atoms with Gasteiger partial charge in [0.2, 0.25) is 0 Å². The first kappa shape index (κ1) is 17.2. The minimum atomic E-state index is 0.958. The zero-order chi connectivity index (χ0) is 16.9. The van der Waals surface area contributed by atoms with E-state index in [4.69, 9.17) is 4.52 Å². The molecule has 0 spiro atoms. The molecule has 0 amide bonds. The average molecular weight is 346 g/mol. The highest BCUT2D eigenvalue weighted by Gasteiger charge is 2.16. The fourth-order valence-electron chi connectivity index (χ4n) is 3.00. The second kappa shape index (κ2) is 7.99. The molecule has 0 bridgehead atoms. The fourth-order valence-corrected chi connectivity index (χ4v) is 4.11. The van der Waals surface area contributed by atoms with E-state index in [1.165, 1.54) is 28.2 Å². The Morgan fingerprint density at radius 2 is 1.79 bits per heavy atom. The molecule has 5 heteroatoms. The lowest BCUT2D eigenvalue weighted by Crippen LogP contribution is -2.46. The van der Waals surface area contributed by atoms with Gasteiger partial charge in [-0.25, -0.2) is 0 Å². The number of thiol groups is 1. The predicted molar refractivity (Wildman–Crippen MR) is 105 cm³/mol. The molecule has 3 rings (SSSR count). The predicted octanol–water partition coefficient (Wildman–Crippen LogP) is 3.19. The zero-order valence-electron chi connectivity index (χ0n) is 14.8. The van der Waals surface area contributed by atoms with Gasteiger partial charge in [-0.05, 0) is 38.3 Å². The van der Waals surface area contributed by atoms with Crippen LogP contribution in [-0.4, -0.2) is 48.1 Å². The Bertz CT molecular complexity index is 666. The van der Waals surface area contributed by atoms with Crippen LogP contribution in [0.25, 0.3) is 0 Å². The van der Waals surface area contributed by atoms with E-state index in [1.54, 1.807) is 0 Å². The number of piperazine rings is 1. The van der Waals surface area contributed by atoms with Gasteiger partial charge in [0, 0.05) is 49.7 Å². The molecule has 1 aliphatic heterocycles. The van der Waals surface area contributed by atoms with Crippen LogP contribution in [0.1, 0.15) is 22.6 Å². The van der Waals surface area contributed by atoms with Crippen LogP contribution in [0.2, 0.25) is 0 Å². The number of anilines is 1. The van der Waals surface area contributed by atoms with Crippen LogP contribution in [0.5, 0.6) is 0 Å². The molecule has 1 saturated heterocycles. The van der Waals surface area contributed by atoms with Crippen LogP contribution in [0.15, 0.2) is 28.8 Å². The average Bonchev–Trinajstić information content (AvgIpc) is 2.92. The van der Waals surface area contributed by atoms with E-state index in [1.807, 2.05) is 13.8 Å². The molecule has 0 unspecified atom stereocenters. The standard InChI is InChI=1S/C19H27N3OS/c1-15-4-6-18(7-5-15)22-10-8-21(9-11-22)12-13-24-14-19-16(2)20-23-17(19)3/h4-7,13,24H,8-12,14H2,1-3H3. The van der Waals surface area contributed by atoms with Crippen molar-refractivity contribution in [2.75, 3.05) is 37.6 Å². The Labute approximate surface area is 148 Å². The molecule has 130 valence electrons. The monoisotopic (exact) mass is 345 g/mol. The largest absolute Gasteiger partial charge is 0.369 e. The number of benzene rings is 1. The van der Waals surface area contributed by atoms with Crippen molar-refractivity contribution in [1.82, 2.24) is 10.1 Å². The minimum absolute atomic E-state index is 0.958. The van der Waals surface area contributed by atoms with Crippen molar-refractivity contribution in [3.8, 4) is 0 Å². The van der Waals surface area contributed by atoms with Crippen LogP contribution in [0.4, 0.5) is 5.69 Å². The summed E-state index contributed by atoms with van der Waals surface area (Å²) in [7, 11) is 0. The van der Waals surface area contributed by atoms with Crippen molar-refractivity contribution in [3.05, 3.63) is 46.8 Å². The van der Waals surface area contributed by atoms with Gasteiger partial charge in [0.1, 0.15) is 5.76 Å². The van der Waals surface area contributed by atoms with Crippen LogP contribution in [0.3, 0.4) is 0 Å². The van der Waals surface area contributed by atoms with E-state index >= 15 is 0 Å². The first-order valence-electron chi connectivity index (χ1n) is 8.57. The molecule has 2 heterocycles. The maximum absolute atomic E-state index is 5.22. The molecule has 2 aromatic rings. The van der Waals surface area contributed by atoms with Crippen LogP contribution >= 0.6 is 11.4 Å². The van der Waals surface area contributed by atoms with E-state index < -0.39 is 0 Å². The van der Waals surface area contributed by atoms with Crippen molar-refractivity contribution in [2.45, 2.75) is 26.5 Å². The van der Waals surface area contributed by atoms with Crippen molar-refractivity contribution in [1.29, 1.82) is 0 Å². The zero-order valence-corrected chi connectivity index (χ0v) is 15.7. The molecule has 0 saturated carbocycles. The van der Waals surface area contributed by atoms with Crippen molar-refractivity contribution >= 4 is 22.4 Å². The van der Waals surface area contributed by atoms with Gasteiger partial charge < -0.3 is 9.42 Å². The Balaban J connectivity index is 1.44. The normalized spacial score (nSPS) is 16.5. The van der Waals surface area contributed by atoms with Gasteiger partial charge in [-0.1, -0.05) is 22.9 Å². The minimum Gasteiger partial charge on any atom is -0.369 e. The van der Waals surface area contributed by atoms with E-state index in [0.29, 0.717) is 0 Å². The maximum atomic E-state index is 5.22. The molecule has 4 nitrogen and oxygen atoms in total. The summed E-state index contributed by atoms with van der Waals surface area (Å²) in [5.74, 6) is 1.96. The SMILES string of the molecule is Cc1ccc(N2CCN(CC=[SH]Cc3c(C)noc3C)CC2)cc1. The smallest absolute Gasteiger partial charge is 0.137 e. The molecule has 0 radical (unpaired) electrons. The third-order valence-electron chi connectivity index (χ3n) is 4.67. The van der Waals surface area contributed by atoms with Crippen molar-refractivity contribution < 1.29 is 4.52 Å². The molecule has 0 N–H and O–H groups in total. The highest BCUT2D eigenvalue weighted by Crippen LogP contribution is 2.18. The topological polar surface area (TPSA) is 32.5 Å². The molecule has 1 aromatic carbocycles. The summed E-state index contributed by atoms with van der Waals surface area (Å²) in [6, 6.07) is 8.87. The number of hydrogen-bond donors (Lipinski definition) is 1. The van der Waals surface area contributed by atoms with Crippen LogP contribution < -0.4 is 4.90 Å². The van der Waals surface area contributed by atoms with Gasteiger partial charge >= 0.3 is 0 Å². The summed E-state index contributed by atoms with van der Waals surface area (Å²) in [5, 5.41) is 6.39. The van der Waals surface area contributed by atoms with Gasteiger partial charge in [0.15, 0.2) is 0 Å². The first-order chi connectivity index (χ1) is 11.6. The summed E-state index contributed by atoms with van der Waals surface area (Å²) in [5.41, 5.74) is 4.96. The number of aromatic nitrogens is 1. The molecule has 1 fully saturated rings. The Hall–Kier alpha value is -1.59. The summed E-state index contributed by atoms with van der Waals surface area (Å²) < 4.78 is 5.22. The summed E-state index contributed by atoms with van der Waals surface area (Å²) in [6.07, 6.45) is 0. The lowest BCUT2D eigenvalue weighted by Gasteiger charge is -2.35. The third kappa shape index (κ3) is 4.28. The van der Waals surface area contributed by atoms with Crippen LogP contribution in [0, 0.1) is 20.8 Å². The fraction of sp³-hybridized carbons (Fsp3) is 0.474. The summed E-state index contributed by atoms with van der Waals surface area (Å²) >= 11 is 1.34. The lowest BCUT2D eigenvalue weighted by molar-refractivity contribution is 0.295. The van der Waals surface area contributed by atoms with Gasteiger partial charge in [0.05, 0.1) is 5.69 Å². The Kier molecular flexibility index (Phi) is 5.74. The van der Waals surface area contributed by atoms with Crippen LogP contribution in [-0.2, 0) is 5.75 Å². The number of rotatable bonds is 5. The Morgan fingerprint density at radius 1 is 1.08 bits per heavy atom. The van der Waals surface area contributed by atoms with E-state index in [9.17, 15) is 0 Å². The lowest BCUT2D eigenvalue weighted by atomic mass is 10.2. The molecule has 1 aromatic heterocycles. The molecule has 1 aliphatic rings. The third-order valence-corrected chi connectivity index (χ3v) is 5.59. The quantitative estimate of drug-likeness (QED) is 0.666. The second-order valence-electron chi connectivity index (χ2n) is 6.45. The number of nitrogens with zero attached hydrogens (tertiary/aromatic N) is 3. The molecule has 0 atom stereocenters. The molecule has 24 heavy (non-hydrogen) atoms. The number of aryl methyl sites for hydroxylation is 3. The van der Waals surface area contributed by atoms with Crippen molar-refractivity contribution in [3.63, 3.8) is 0 Å².